The summed E-state index contributed by atoms with van der Waals surface area (Å²) in [5.74, 6) is 0.227. The Hall–Kier alpha value is -2.39. The molecule has 0 unspecified atom stereocenters. The number of hydrogen-bond acceptors (Lipinski definition) is 7. The van der Waals surface area contributed by atoms with Crippen molar-refractivity contribution in [1.29, 1.82) is 0 Å². The van der Waals surface area contributed by atoms with E-state index >= 15 is 0 Å². The van der Waals surface area contributed by atoms with E-state index < -0.39 is 5.25 Å². The molecule has 0 bridgehead atoms. The highest BCUT2D eigenvalue weighted by molar-refractivity contribution is 8.02. The van der Waals surface area contributed by atoms with E-state index in [1.807, 2.05) is 12.1 Å². The predicted octanol–water partition coefficient (Wildman–Crippen LogP) is 4.31. The first kappa shape index (κ1) is 18.4. The molecule has 6 nitrogen and oxygen atoms in total. The smallest absolute Gasteiger partial charge is 0.237 e. The average molecular weight is 392 g/mol. The van der Waals surface area contributed by atoms with Gasteiger partial charge in [0, 0.05) is 5.69 Å². The fourth-order valence-corrected chi connectivity index (χ4v) is 3.92. The molecule has 2 aromatic heterocycles. The molecule has 0 aliphatic rings. The maximum atomic E-state index is 13.6. The van der Waals surface area contributed by atoms with Gasteiger partial charge in [0.05, 0.1) is 18.1 Å². The zero-order chi connectivity index (χ0) is 18.5. The van der Waals surface area contributed by atoms with E-state index in [9.17, 15) is 9.18 Å². The largest absolute Gasteiger partial charge is 0.467 e. The van der Waals surface area contributed by atoms with Gasteiger partial charge in [0.15, 0.2) is 4.34 Å². The molecule has 0 aliphatic heterocycles. The average Bonchev–Trinajstić information content (AvgIpc) is 3.28. The molecule has 2 N–H and O–H groups in total. The van der Waals surface area contributed by atoms with Crippen LogP contribution in [-0.4, -0.2) is 21.4 Å². The van der Waals surface area contributed by atoms with Gasteiger partial charge < -0.3 is 15.1 Å². The molecule has 9 heteroatoms. The fourth-order valence-electron chi connectivity index (χ4n) is 2.02. The summed E-state index contributed by atoms with van der Waals surface area (Å²) in [6, 6.07) is 8.30. The SMILES string of the molecule is Cc1ccc(NC(=O)[C@H](C)Sc2nnc(NCc3ccco3)s2)cc1F. The summed E-state index contributed by atoms with van der Waals surface area (Å²) in [5.41, 5.74) is 0.970. The number of benzene rings is 1. The number of nitrogens with one attached hydrogen (secondary N) is 2. The highest BCUT2D eigenvalue weighted by Crippen LogP contribution is 2.29. The number of carbonyl (C=O) groups excluding carboxylic acids is 1. The number of thioether (sulfide) groups is 1. The van der Waals surface area contributed by atoms with Crippen LogP contribution in [0.3, 0.4) is 0 Å². The Kier molecular flexibility index (Phi) is 5.89. The van der Waals surface area contributed by atoms with Crippen molar-refractivity contribution >= 4 is 39.8 Å². The number of halogens is 1. The standard InChI is InChI=1S/C17H17FN4O2S2/c1-10-5-6-12(8-14(10)18)20-15(23)11(2)25-17-22-21-16(26-17)19-9-13-4-3-7-24-13/h3-8,11H,9H2,1-2H3,(H,19,21)(H,20,23)/t11-/m0/s1. The monoisotopic (exact) mass is 392 g/mol. The number of furan rings is 1. The van der Waals surface area contributed by atoms with Crippen LogP contribution in [0, 0.1) is 12.7 Å². The van der Waals surface area contributed by atoms with Gasteiger partial charge in [0.25, 0.3) is 0 Å². The normalized spacial score (nSPS) is 12.0. The lowest BCUT2D eigenvalue weighted by Crippen LogP contribution is -2.22. The van der Waals surface area contributed by atoms with E-state index in [1.54, 1.807) is 32.2 Å². The molecular formula is C17H17FN4O2S2. The molecule has 3 rings (SSSR count). The summed E-state index contributed by atoms with van der Waals surface area (Å²) in [4.78, 5) is 12.3. The second-order valence-corrected chi connectivity index (χ2v) is 8.08. The molecule has 1 aromatic carbocycles. The predicted molar refractivity (Wildman–Crippen MR) is 101 cm³/mol. The molecule has 0 spiro atoms. The third-order valence-electron chi connectivity index (χ3n) is 3.49. The molecule has 0 fully saturated rings. The number of rotatable bonds is 7. The Morgan fingerprint density at radius 2 is 2.23 bits per heavy atom. The lowest BCUT2D eigenvalue weighted by atomic mass is 10.2. The second-order valence-electron chi connectivity index (χ2n) is 5.52. The van der Waals surface area contributed by atoms with Gasteiger partial charge in [0.2, 0.25) is 11.0 Å². The van der Waals surface area contributed by atoms with Gasteiger partial charge in [-0.05, 0) is 43.7 Å². The number of aryl methyl sites for hydroxylation is 1. The van der Waals surface area contributed by atoms with Crippen molar-refractivity contribution in [3.05, 3.63) is 53.7 Å². The van der Waals surface area contributed by atoms with Crippen molar-refractivity contribution in [3.63, 3.8) is 0 Å². The van der Waals surface area contributed by atoms with Crippen LogP contribution in [0.2, 0.25) is 0 Å². The van der Waals surface area contributed by atoms with Gasteiger partial charge in [-0.15, -0.1) is 10.2 Å². The molecular weight excluding hydrogens is 375 g/mol. The Morgan fingerprint density at radius 1 is 1.38 bits per heavy atom. The molecule has 3 aromatic rings. The van der Waals surface area contributed by atoms with E-state index in [-0.39, 0.29) is 11.7 Å². The second kappa shape index (κ2) is 8.33. The van der Waals surface area contributed by atoms with Crippen LogP contribution in [0.4, 0.5) is 15.2 Å². The van der Waals surface area contributed by atoms with Crippen LogP contribution >= 0.6 is 23.1 Å². The van der Waals surface area contributed by atoms with Gasteiger partial charge in [0.1, 0.15) is 11.6 Å². The minimum Gasteiger partial charge on any atom is -0.467 e. The number of anilines is 2. The van der Waals surface area contributed by atoms with Gasteiger partial charge >= 0.3 is 0 Å². The quantitative estimate of drug-likeness (QED) is 0.583. The zero-order valence-corrected chi connectivity index (χ0v) is 15.8. The molecule has 2 heterocycles. The maximum absolute atomic E-state index is 13.6. The van der Waals surface area contributed by atoms with E-state index in [0.717, 1.165) is 5.76 Å². The van der Waals surface area contributed by atoms with Crippen molar-refractivity contribution in [1.82, 2.24) is 10.2 Å². The maximum Gasteiger partial charge on any atom is 0.237 e. The summed E-state index contributed by atoms with van der Waals surface area (Å²) >= 11 is 2.66. The van der Waals surface area contributed by atoms with Crippen LogP contribution < -0.4 is 10.6 Å². The lowest BCUT2D eigenvalue weighted by Gasteiger charge is -2.10. The minimum absolute atomic E-state index is 0.224. The van der Waals surface area contributed by atoms with Crippen molar-refractivity contribution in [2.75, 3.05) is 10.6 Å². The summed E-state index contributed by atoms with van der Waals surface area (Å²) in [7, 11) is 0. The van der Waals surface area contributed by atoms with E-state index in [2.05, 4.69) is 20.8 Å². The zero-order valence-electron chi connectivity index (χ0n) is 14.2. The molecule has 1 atom stereocenters. The third kappa shape index (κ3) is 4.83. The van der Waals surface area contributed by atoms with Gasteiger partial charge in [-0.1, -0.05) is 29.2 Å². The molecule has 1 amide bonds. The summed E-state index contributed by atoms with van der Waals surface area (Å²) in [6.45, 7) is 3.95. The topological polar surface area (TPSA) is 80.0 Å². The summed E-state index contributed by atoms with van der Waals surface area (Å²) in [5, 5.41) is 14.2. The number of carbonyl (C=O) groups is 1. The third-order valence-corrected chi connectivity index (χ3v) is 5.55. The highest BCUT2D eigenvalue weighted by Gasteiger charge is 2.18. The van der Waals surface area contributed by atoms with Gasteiger partial charge in [-0.2, -0.15) is 0 Å². The van der Waals surface area contributed by atoms with E-state index in [4.69, 9.17) is 4.42 Å². The van der Waals surface area contributed by atoms with Gasteiger partial charge in [-0.25, -0.2) is 4.39 Å². The number of aromatic nitrogens is 2. The lowest BCUT2D eigenvalue weighted by molar-refractivity contribution is -0.115. The van der Waals surface area contributed by atoms with E-state index in [1.165, 1.54) is 29.2 Å². The molecule has 0 radical (unpaired) electrons. The van der Waals surface area contributed by atoms with Crippen LogP contribution in [0.15, 0.2) is 45.4 Å². The molecule has 26 heavy (non-hydrogen) atoms. The number of hydrogen-bond donors (Lipinski definition) is 2. The first-order valence-electron chi connectivity index (χ1n) is 7.84. The summed E-state index contributed by atoms with van der Waals surface area (Å²) < 4.78 is 19.5. The van der Waals surface area contributed by atoms with Crippen LogP contribution in [0.25, 0.3) is 0 Å². The molecule has 0 saturated heterocycles. The van der Waals surface area contributed by atoms with E-state index in [0.29, 0.717) is 27.3 Å². The summed E-state index contributed by atoms with van der Waals surface area (Å²) in [6.07, 6.45) is 1.61. The highest BCUT2D eigenvalue weighted by atomic mass is 32.2. The fraction of sp³-hybridized carbons (Fsp3) is 0.235. The van der Waals surface area contributed by atoms with Crippen molar-refractivity contribution in [3.8, 4) is 0 Å². The molecule has 0 saturated carbocycles. The molecule has 136 valence electrons. The van der Waals surface area contributed by atoms with Crippen LogP contribution in [0.5, 0.6) is 0 Å². The Bertz CT molecular complexity index is 883. The number of amides is 1. The first-order valence-corrected chi connectivity index (χ1v) is 9.54. The Balaban J connectivity index is 1.52. The van der Waals surface area contributed by atoms with Crippen LogP contribution in [-0.2, 0) is 11.3 Å². The van der Waals surface area contributed by atoms with Crippen molar-refractivity contribution < 1.29 is 13.6 Å². The minimum atomic E-state index is -0.398. The first-order chi connectivity index (χ1) is 12.5. The van der Waals surface area contributed by atoms with Crippen molar-refractivity contribution in [2.24, 2.45) is 0 Å². The molecule has 0 aliphatic carbocycles. The van der Waals surface area contributed by atoms with Crippen LogP contribution in [0.1, 0.15) is 18.2 Å². The van der Waals surface area contributed by atoms with Crippen molar-refractivity contribution in [2.45, 2.75) is 30.0 Å². The Morgan fingerprint density at radius 3 is 2.96 bits per heavy atom. The van der Waals surface area contributed by atoms with Gasteiger partial charge in [-0.3, -0.25) is 4.79 Å². The number of nitrogens with zero attached hydrogens (tertiary/aromatic N) is 2. The Labute approximate surface area is 158 Å².